The molecule has 0 fully saturated rings. The Balaban J connectivity index is 1.54. The first-order valence-electron chi connectivity index (χ1n) is 11.5. The summed E-state index contributed by atoms with van der Waals surface area (Å²) < 4.78 is 42.4. The molecule has 13 heteroatoms. The predicted molar refractivity (Wildman–Crippen MR) is 138 cm³/mol. The number of nitrogens with one attached hydrogen (secondary N) is 1. The number of alkyl halides is 2. The summed E-state index contributed by atoms with van der Waals surface area (Å²) in [7, 11) is 1.37. The largest absolute Gasteiger partial charge is 0.618 e. The van der Waals surface area contributed by atoms with Gasteiger partial charge < -0.3 is 20.4 Å². The van der Waals surface area contributed by atoms with Crippen LogP contribution in [0.4, 0.5) is 23.7 Å². The number of hydrogen-bond acceptors (Lipinski definition) is 4. The number of rotatable bonds is 5. The van der Waals surface area contributed by atoms with E-state index in [2.05, 4.69) is 9.97 Å². The minimum Gasteiger partial charge on any atom is -0.618 e. The Bertz CT molecular complexity index is 1630. The number of amides is 1. The average Bonchev–Trinajstić information content (AvgIpc) is 3.51. The molecule has 3 N–H and O–H groups in total. The third-order valence-corrected chi connectivity index (χ3v) is 7.40. The van der Waals surface area contributed by atoms with Crippen LogP contribution in [0.1, 0.15) is 35.5 Å². The molecule has 1 atom stereocenters. The molecule has 1 aliphatic carbocycles. The summed E-state index contributed by atoms with van der Waals surface area (Å²) in [5, 5.41) is 33.7. The molecule has 0 saturated carbocycles. The molecule has 0 spiro atoms. The van der Waals surface area contributed by atoms with Gasteiger partial charge in [-0.3, -0.25) is 4.90 Å². The molecule has 0 aliphatic heterocycles. The van der Waals surface area contributed by atoms with E-state index in [0.717, 1.165) is 23.2 Å². The maximum Gasteiger partial charge on any atom is 0.411 e. The number of halogens is 5. The lowest BCUT2D eigenvalue weighted by Gasteiger charge is -2.20. The monoisotopic (exact) mass is 578 g/mol. The molecule has 0 saturated heterocycles. The van der Waals surface area contributed by atoms with Gasteiger partial charge in [0.1, 0.15) is 11.6 Å². The minimum atomic E-state index is -3.01. The molecule has 1 aliphatic rings. The molecular weight excluding hydrogens is 560 g/mol. The summed E-state index contributed by atoms with van der Waals surface area (Å²) in [4.78, 5) is 19.4. The summed E-state index contributed by atoms with van der Waals surface area (Å²) in [6.45, 7) is 0. The molecule has 202 valence electrons. The maximum atomic E-state index is 14.8. The van der Waals surface area contributed by atoms with E-state index >= 15 is 0 Å². The van der Waals surface area contributed by atoms with Gasteiger partial charge in [-0.1, -0.05) is 29.3 Å². The molecule has 2 aromatic heterocycles. The van der Waals surface area contributed by atoms with Crippen molar-refractivity contribution in [2.24, 2.45) is 0 Å². The number of hydrogen-bond donors (Lipinski definition) is 3. The number of nitrogens with zero attached hydrogens (tertiary/aromatic N) is 3. The second-order valence-corrected chi connectivity index (χ2v) is 9.88. The lowest BCUT2D eigenvalue weighted by atomic mass is 9.97. The second-order valence-electron chi connectivity index (χ2n) is 9.07. The number of aliphatic hydroxyl groups is 1. The molecule has 4 aromatic rings. The van der Waals surface area contributed by atoms with Crippen LogP contribution >= 0.6 is 23.2 Å². The van der Waals surface area contributed by atoms with Crippen molar-refractivity contribution in [3.63, 3.8) is 0 Å². The van der Waals surface area contributed by atoms with E-state index in [0.29, 0.717) is 27.2 Å². The molecule has 0 bridgehead atoms. The van der Waals surface area contributed by atoms with Crippen LogP contribution < -0.4 is 9.63 Å². The third kappa shape index (κ3) is 4.46. The molecule has 1 amide bonds. The van der Waals surface area contributed by atoms with Gasteiger partial charge in [0.15, 0.2) is 6.20 Å². The Labute approximate surface area is 229 Å². The highest BCUT2D eigenvalue weighted by Crippen LogP contribution is 2.43. The number of benzene rings is 2. The average molecular weight is 579 g/mol. The van der Waals surface area contributed by atoms with Crippen LogP contribution in [0.5, 0.6) is 0 Å². The van der Waals surface area contributed by atoms with E-state index in [-0.39, 0.29) is 40.0 Å². The van der Waals surface area contributed by atoms with Gasteiger partial charge in [-0.05, 0) is 43.2 Å². The van der Waals surface area contributed by atoms with Gasteiger partial charge in [-0.25, -0.2) is 22.9 Å². The topological polar surface area (TPSA) is 116 Å². The number of imidazole rings is 1. The molecule has 2 heterocycles. The number of aryl methyl sites for hydroxylation is 1. The number of pyridine rings is 1. The predicted octanol–water partition coefficient (Wildman–Crippen LogP) is 6.06. The van der Waals surface area contributed by atoms with Crippen molar-refractivity contribution in [1.82, 2.24) is 9.97 Å². The Kier molecular flexibility index (Phi) is 6.69. The van der Waals surface area contributed by atoms with Crippen molar-refractivity contribution < 1.29 is 32.9 Å². The van der Waals surface area contributed by atoms with Crippen molar-refractivity contribution >= 4 is 35.0 Å². The van der Waals surface area contributed by atoms with Gasteiger partial charge in [-0.15, -0.1) is 0 Å². The highest BCUT2D eigenvalue weighted by molar-refractivity contribution is 6.33. The first-order chi connectivity index (χ1) is 18.4. The molecule has 2 aromatic carbocycles. The molecule has 39 heavy (non-hydrogen) atoms. The second kappa shape index (κ2) is 9.74. The van der Waals surface area contributed by atoms with Crippen molar-refractivity contribution in [2.75, 3.05) is 11.9 Å². The fourth-order valence-electron chi connectivity index (χ4n) is 4.82. The number of aromatic amines is 1. The van der Waals surface area contributed by atoms with Crippen molar-refractivity contribution in [3.8, 4) is 22.4 Å². The van der Waals surface area contributed by atoms with E-state index in [4.69, 9.17) is 28.3 Å². The highest BCUT2D eigenvalue weighted by atomic mass is 35.5. The maximum absolute atomic E-state index is 14.8. The van der Waals surface area contributed by atoms with Gasteiger partial charge >= 0.3 is 6.09 Å². The zero-order valence-corrected chi connectivity index (χ0v) is 21.6. The summed E-state index contributed by atoms with van der Waals surface area (Å²) in [6.07, 6.45) is -1.62. The number of fused-ring (bicyclic) bond motifs is 1. The smallest absolute Gasteiger partial charge is 0.411 e. The molecule has 0 radical (unpaired) electrons. The normalized spacial score (nSPS) is 16.5. The number of aromatic nitrogens is 3. The zero-order chi connectivity index (χ0) is 28.2. The van der Waals surface area contributed by atoms with Gasteiger partial charge in [0.05, 0.1) is 27.5 Å². The van der Waals surface area contributed by atoms with Crippen LogP contribution in [0, 0.1) is 11.0 Å². The Morgan fingerprint density at radius 2 is 1.97 bits per heavy atom. The van der Waals surface area contributed by atoms with E-state index in [1.54, 1.807) is 12.1 Å². The third-order valence-electron chi connectivity index (χ3n) is 6.79. The number of carbonyl (C=O) groups is 1. The Morgan fingerprint density at radius 3 is 2.64 bits per heavy atom. The quantitative estimate of drug-likeness (QED) is 0.197. The molecule has 8 nitrogen and oxygen atoms in total. The van der Waals surface area contributed by atoms with Crippen LogP contribution in [0.15, 0.2) is 48.8 Å². The number of H-pyrrole nitrogens is 1. The van der Waals surface area contributed by atoms with Crippen LogP contribution in [0.3, 0.4) is 0 Å². The van der Waals surface area contributed by atoms with Crippen molar-refractivity contribution in [1.29, 1.82) is 0 Å². The lowest BCUT2D eigenvalue weighted by molar-refractivity contribution is -0.620. The minimum absolute atomic E-state index is 0.0385. The number of anilines is 1. The lowest BCUT2D eigenvalue weighted by Crippen LogP contribution is -2.42. The first-order valence-corrected chi connectivity index (χ1v) is 12.3. The fraction of sp³-hybridized carbons (Fsp3) is 0.192. The molecular formula is C26H19Cl2F3N4O4. The van der Waals surface area contributed by atoms with Crippen LogP contribution in [-0.4, -0.2) is 33.3 Å². The van der Waals surface area contributed by atoms with Crippen LogP contribution in [-0.2, 0) is 12.0 Å². The summed E-state index contributed by atoms with van der Waals surface area (Å²) in [6, 6.07) is 8.01. The van der Waals surface area contributed by atoms with Gasteiger partial charge in [0.25, 0.3) is 6.43 Å². The van der Waals surface area contributed by atoms with E-state index in [1.807, 2.05) is 0 Å². The molecule has 1 unspecified atom stereocenters. The van der Waals surface area contributed by atoms with Gasteiger partial charge in [-0.2, -0.15) is 4.73 Å². The van der Waals surface area contributed by atoms with Gasteiger partial charge in [0.2, 0.25) is 11.3 Å². The van der Waals surface area contributed by atoms with Crippen LogP contribution in [0.25, 0.3) is 22.4 Å². The Hall–Kier alpha value is -3.80. The SMILES string of the molecule is CN(C(=O)O)c1ccc(-c2cnc(C3(O)CCc4cc(-c5c(C(F)F)ccc(Cl)c5F)c[n+]([O-])c43)[nH]2)c(Cl)c1. The fourth-order valence-corrected chi connectivity index (χ4v) is 5.25. The first kappa shape index (κ1) is 26.8. The highest BCUT2D eigenvalue weighted by Gasteiger charge is 2.48. The van der Waals surface area contributed by atoms with E-state index in [1.165, 1.54) is 25.4 Å². The molecule has 5 rings (SSSR count). The van der Waals surface area contributed by atoms with Gasteiger partial charge in [0, 0.05) is 35.0 Å². The van der Waals surface area contributed by atoms with E-state index in [9.17, 15) is 28.3 Å². The van der Waals surface area contributed by atoms with Crippen LogP contribution in [0.2, 0.25) is 10.0 Å². The Morgan fingerprint density at radius 1 is 1.23 bits per heavy atom. The standard InChI is InChI=1S/C26H19Cl2F3N4O4/c1-34(25(36)37)14-2-3-15(18(28)9-14)19-10-32-24(33-19)26(38)7-6-12-8-13(11-35(39)22(12)26)20-16(23(30)31)4-5-17(27)21(20)29/h2-5,8-11,23,38H,6-7H2,1H3,(H,32,33)(H,36,37). The number of carboxylic acid groups (broad SMARTS) is 1. The summed E-state index contributed by atoms with van der Waals surface area (Å²) in [5.74, 6) is -1.03. The zero-order valence-electron chi connectivity index (χ0n) is 20.1. The summed E-state index contributed by atoms with van der Waals surface area (Å²) in [5.41, 5.74) is -1.57. The van der Waals surface area contributed by atoms with Crippen molar-refractivity contribution in [3.05, 3.63) is 92.5 Å². The summed E-state index contributed by atoms with van der Waals surface area (Å²) >= 11 is 12.2. The van der Waals surface area contributed by atoms with Crippen molar-refractivity contribution in [2.45, 2.75) is 24.9 Å². The van der Waals surface area contributed by atoms with E-state index < -0.39 is 35.1 Å².